The van der Waals surface area contributed by atoms with Crippen molar-refractivity contribution < 1.29 is 13.6 Å². The van der Waals surface area contributed by atoms with E-state index in [4.69, 9.17) is 4.42 Å². The molecular weight excluding hydrogens is 321 g/mol. The summed E-state index contributed by atoms with van der Waals surface area (Å²) in [5.74, 6) is 0.845. The van der Waals surface area contributed by atoms with E-state index in [1.54, 1.807) is 12.1 Å². The quantitative estimate of drug-likeness (QED) is 0.875. The first kappa shape index (κ1) is 17.6. The standard InChI is InChI=1S/C19H24FN3O2/c1-2-21-12-14-7-9-23(10-8-14)18(24)11-17-13-25-19(22-17)15-3-5-16(20)6-4-15/h3-6,13-14,21H,2,7-12H2,1H3. The Bertz CT molecular complexity index is 691. The van der Waals surface area contributed by atoms with Crippen LogP contribution in [0.5, 0.6) is 0 Å². The maximum atomic E-state index is 13.0. The highest BCUT2D eigenvalue weighted by Crippen LogP contribution is 2.21. The first-order valence-corrected chi connectivity index (χ1v) is 8.84. The van der Waals surface area contributed by atoms with Crippen LogP contribution < -0.4 is 5.32 Å². The van der Waals surface area contributed by atoms with Crippen LogP contribution in [0.1, 0.15) is 25.5 Å². The number of amides is 1. The van der Waals surface area contributed by atoms with Crippen LogP contribution in [0, 0.1) is 11.7 Å². The molecule has 1 aliphatic heterocycles. The number of oxazole rings is 1. The van der Waals surface area contributed by atoms with E-state index in [1.165, 1.54) is 18.4 Å². The number of aromatic nitrogens is 1. The van der Waals surface area contributed by atoms with Crippen LogP contribution in [-0.2, 0) is 11.2 Å². The summed E-state index contributed by atoms with van der Waals surface area (Å²) in [5, 5.41) is 3.37. The molecule has 1 amide bonds. The molecule has 3 rings (SSSR count). The van der Waals surface area contributed by atoms with Gasteiger partial charge in [-0.05, 0) is 56.1 Å². The van der Waals surface area contributed by atoms with Crippen molar-refractivity contribution in [2.75, 3.05) is 26.2 Å². The molecular formula is C19H24FN3O2. The van der Waals surface area contributed by atoms with Crippen molar-refractivity contribution in [1.82, 2.24) is 15.2 Å². The molecule has 1 fully saturated rings. The zero-order valence-electron chi connectivity index (χ0n) is 14.5. The smallest absolute Gasteiger partial charge is 0.228 e. The second-order valence-corrected chi connectivity index (χ2v) is 6.46. The van der Waals surface area contributed by atoms with E-state index >= 15 is 0 Å². The molecule has 1 aliphatic rings. The van der Waals surface area contributed by atoms with E-state index in [0.717, 1.165) is 39.0 Å². The van der Waals surface area contributed by atoms with E-state index in [-0.39, 0.29) is 18.1 Å². The molecule has 0 atom stereocenters. The Hall–Kier alpha value is -2.21. The molecule has 0 bridgehead atoms. The maximum Gasteiger partial charge on any atom is 0.228 e. The predicted molar refractivity (Wildman–Crippen MR) is 93.4 cm³/mol. The summed E-state index contributed by atoms with van der Waals surface area (Å²) in [6.07, 6.45) is 3.83. The van der Waals surface area contributed by atoms with Crippen molar-refractivity contribution in [1.29, 1.82) is 0 Å². The lowest BCUT2D eigenvalue weighted by Gasteiger charge is -2.32. The molecule has 5 nitrogen and oxygen atoms in total. The molecule has 0 aliphatic carbocycles. The van der Waals surface area contributed by atoms with Crippen LogP contribution in [0.15, 0.2) is 34.9 Å². The topological polar surface area (TPSA) is 58.4 Å². The molecule has 1 N–H and O–H groups in total. The van der Waals surface area contributed by atoms with Crippen molar-refractivity contribution in [2.45, 2.75) is 26.2 Å². The highest BCUT2D eigenvalue weighted by molar-refractivity contribution is 5.78. The minimum atomic E-state index is -0.303. The molecule has 0 spiro atoms. The molecule has 6 heteroatoms. The number of carbonyl (C=O) groups is 1. The van der Waals surface area contributed by atoms with Crippen LogP contribution in [0.4, 0.5) is 4.39 Å². The SMILES string of the molecule is CCNCC1CCN(C(=O)Cc2coc(-c3ccc(F)cc3)n2)CC1. The van der Waals surface area contributed by atoms with E-state index < -0.39 is 0 Å². The second kappa shape index (κ2) is 8.25. The van der Waals surface area contributed by atoms with Crippen LogP contribution >= 0.6 is 0 Å². The zero-order valence-corrected chi connectivity index (χ0v) is 14.5. The number of nitrogens with zero attached hydrogens (tertiary/aromatic N) is 2. The summed E-state index contributed by atoms with van der Waals surface area (Å²) in [4.78, 5) is 18.7. The van der Waals surface area contributed by atoms with Gasteiger partial charge in [0.15, 0.2) is 0 Å². The Morgan fingerprint density at radius 3 is 2.72 bits per heavy atom. The summed E-state index contributed by atoms with van der Waals surface area (Å²) in [7, 11) is 0. The Morgan fingerprint density at radius 2 is 2.04 bits per heavy atom. The summed E-state index contributed by atoms with van der Waals surface area (Å²) >= 11 is 0. The molecule has 25 heavy (non-hydrogen) atoms. The molecule has 1 aromatic carbocycles. The number of nitrogens with one attached hydrogen (secondary N) is 1. The number of rotatable bonds is 6. The van der Waals surface area contributed by atoms with E-state index in [1.807, 2.05) is 4.90 Å². The fraction of sp³-hybridized carbons (Fsp3) is 0.474. The Balaban J connectivity index is 1.53. The van der Waals surface area contributed by atoms with Gasteiger partial charge in [-0.1, -0.05) is 6.92 Å². The number of carbonyl (C=O) groups excluding carboxylic acids is 1. The summed E-state index contributed by atoms with van der Waals surface area (Å²) in [5.41, 5.74) is 1.31. The van der Waals surface area contributed by atoms with Gasteiger partial charge in [0, 0.05) is 18.7 Å². The van der Waals surface area contributed by atoms with Crippen molar-refractivity contribution in [3.63, 3.8) is 0 Å². The van der Waals surface area contributed by atoms with E-state index in [2.05, 4.69) is 17.2 Å². The first-order valence-electron chi connectivity index (χ1n) is 8.84. The molecule has 0 saturated carbocycles. The van der Waals surface area contributed by atoms with Gasteiger partial charge in [0.25, 0.3) is 0 Å². The summed E-state index contributed by atoms with van der Waals surface area (Å²) < 4.78 is 18.4. The second-order valence-electron chi connectivity index (χ2n) is 6.46. The highest BCUT2D eigenvalue weighted by atomic mass is 19.1. The molecule has 0 radical (unpaired) electrons. The number of hydrogen-bond acceptors (Lipinski definition) is 4. The average Bonchev–Trinajstić information content (AvgIpc) is 3.09. The maximum absolute atomic E-state index is 13.0. The lowest BCUT2D eigenvalue weighted by atomic mass is 9.96. The summed E-state index contributed by atoms with van der Waals surface area (Å²) in [6, 6.07) is 5.95. The molecule has 2 heterocycles. The van der Waals surface area contributed by atoms with Crippen molar-refractivity contribution in [2.24, 2.45) is 5.92 Å². The fourth-order valence-electron chi connectivity index (χ4n) is 3.11. The third-order valence-corrected chi connectivity index (χ3v) is 4.63. The Morgan fingerprint density at radius 1 is 1.32 bits per heavy atom. The fourth-order valence-corrected chi connectivity index (χ4v) is 3.11. The van der Waals surface area contributed by atoms with Crippen LogP contribution in [0.2, 0.25) is 0 Å². The van der Waals surface area contributed by atoms with Gasteiger partial charge in [0.2, 0.25) is 11.8 Å². The summed E-state index contributed by atoms with van der Waals surface area (Å²) in [6.45, 7) is 5.73. The van der Waals surface area contributed by atoms with Crippen LogP contribution in [0.25, 0.3) is 11.5 Å². The van der Waals surface area contributed by atoms with Gasteiger partial charge in [-0.25, -0.2) is 9.37 Å². The van der Waals surface area contributed by atoms with E-state index in [0.29, 0.717) is 23.1 Å². The zero-order chi connectivity index (χ0) is 17.6. The van der Waals surface area contributed by atoms with Gasteiger partial charge < -0.3 is 14.6 Å². The normalized spacial score (nSPS) is 15.5. The van der Waals surface area contributed by atoms with Gasteiger partial charge >= 0.3 is 0 Å². The number of halogens is 1. The molecule has 134 valence electrons. The number of likely N-dealkylation sites (tertiary alicyclic amines) is 1. The number of benzene rings is 1. The lowest BCUT2D eigenvalue weighted by Crippen LogP contribution is -2.41. The monoisotopic (exact) mass is 345 g/mol. The minimum Gasteiger partial charge on any atom is -0.444 e. The van der Waals surface area contributed by atoms with Gasteiger partial charge in [-0.3, -0.25) is 4.79 Å². The third-order valence-electron chi connectivity index (χ3n) is 4.63. The van der Waals surface area contributed by atoms with E-state index in [9.17, 15) is 9.18 Å². The molecule has 2 aromatic rings. The molecule has 1 aromatic heterocycles. The lowest BCUT2D eigenvalue weighted by molar-refractivity contribution is -0.131. The van der Waals surface area contributed by atoms with Gasteiger partial charge in [-0.2, -0.15) is 0 Å². The largest absolute Gasteiger partial charge is 0.444 e. The first-order chi connectivity index (χ1) is 12.2. The van der Waals surface area contributed by atoms with Gasteiger partial charge in [0.05, 0.1) is 12.1 Å². The number of hydrogen-bond donors (Lipinski definition) is 1. The van der Waals surface area contributed by atoms with Crippen LogP contribution in [0.3, 0.4) is 0 Å². The Kier molecular flexibility index (Phi) is 5.81. The average molecular weight is 345 g/mol. The Labute approximate surface area is 147 Å². The molecule has 0 unspecified atom stereocenters. The van der Waals surface area contributed by atoms with Crippen molar-refractivity contribution >= 4 is 5.91 Å². The molecule has 1 saturated heterocycles. The van der Waals surface area contributed by atoms with Crippen molar-refractivity contribution in [3.05, 3.63) is 42.0 Å². The van der Waals surface area contributed by atoms with Crippen molar-refractivity contribution in [3.8, 4) is 11.5 Å². The third kappa shape index (κ3) is 4.66. The van der Waals surface area contributed by atoms with Gasteiger partial charge in [0.1, 0.15) is 12.1 Å². The van der Waals surface area contributed by atoms with Gasteiger partial charge in [-0.15, -0.1) is 0 Å². The number of piperidine rings is 1. The highest BCUT2D eigenvalue weighted by Gasteiger charge is 2.23. The van der Waals surface area contributed by atoms with Crippen LogP contribution in [-0.4, -0.2) is 42.0 Å². The predicted octanol–water partition coefficient (Wildman–Crippen LogP) is 2.87. The minimum absolute atomic E-state index is 0.0841.